The fourth-order valence-electron chi connectivity index (χ4n) is 3.01. The lowest BCUT2D eigenvalue weighted by molar-refractivity contribution is 0.171. The van der Waals surface area contributed by atoms with Gasteiger partial charge in [-0.1, -0.05) is 12.8 Å². The molecule has 4 nitrogen and oxygen atoms in total. The largest absolute Gasteiger partial charge is 0.486 e. The molecule has 110 valence electrons. The molecule has 3 rings (SSSR count). The summed E-state index contributed by atoms with van der Waals surface area (Å²) in [6.45, 7) is 1.14. The predicted molar refractivity (Wildman–Crippen MR) is 78.9 cm³/mol. The van der Waals surface area contributed by atoms with E-state index in [0.717, 1.165) is 29.2 Å². The van der Waals surface area contributed by atoms with Gasteiger partial charge in [0.25, 0.3) is 0 Å². The van der Waals surface area contributed by atoms with Crippen molar-refractivity contribution in [3.8, 4) is 11.5 Å². The van der Waals surface area contributed by atoms with Crippen LogP contribution >= 0.6 is 0 Å². The molecule has 0 radical (unpaired) electrons. The third-order valence-corrected chi connectivity index (χ3v) is 5.93. The van der Waals surface area contributed by atoms with Gasteiger partial charge in [0.05, 0.1) is 16.0 Å². The number of fused-ring (bicyclic) bond motifs is 1. The van der Waals surface area contributed by atoms with E-state index in [1.807, 2.05) is 25.2 Å². The van der Waals surface area contributed by atoms with Crippen molar-refractivity contribution >= 4 is 10.8 Å². The molecule has 1 fully saturated rings. The van der Waals surface area contributed by atoms with Gasteiger partial charge in [-0.05, 0) is 32.0 Å². The summed E-state index contributed by atoms with van der Waals surface area (Å²) >= 11 is 0. The number of nitrogens with one attached hydrogen (secondary N) is 1. The molecule has 0 spiro atoms. The Morgan fingerprint density at radius 1 is 1.15 bits per heavy atom. The third-order valence-electron chi connectivity index (χ3n) is 4.09. The second-order valence-corrected chi connectivity index (χ2v) is 6.99. The van der Waals surface area contributed by atoms with Crippen LogP contribution in [0.3, 0.4) is 0 Å². The second kappa shape index (κ2) is 6.14. The van der Waals surface area contributed by atoms with Crippen molar-refractivity contribution in [3.05, 3.63) is 18.2 Å². The van der Waals surface area contributed by atoms with Crippen molar-refractivity contribution < 1.29 is 13.7 Å². The van der Waals surface area contributed by atoms with E-state index < -0.39 is 10.8 Å². The van der Waals surface area contributed by atoms with Crippen molar-refractivity contribution in [2.45, 2.75) is 41.9 Å². The normalized spacial score (nSPS) is 27.1. The fraction of sp³-hybridized carbons (Fsp3) is 0.600. The van der Waals surface area contributed by atoms with Crippen LogP contribution in [0.5, 0.6) is 11.5 Å². The van der Waals surface area contributed by atoms with Crippen LogP contribution in [0.25, 0.3) is 0 Å². The summed E-state index contributed by atoms with van der Waals surface area (Å²) in [7, 11) is 0.966. The Kier molecular flexibility index (Phi) is 4.27. The Bertz CT molecular complexity index is 506. The van der Waals surface area contributed by atoms with Crippen molar-refractivity contribution in [3.63, 3.8) is 0 Å². The summed E-state index contributed by atoms with van der Waals surface area (Å²) in [6.07, 6.45) is 4.52. The molecule has 20 heavy (non-hydrogen) atoms. The van der Waals surface area contributed by atoms with Gasteiger partial charge in [-0.25, -0.2) is 0 Å². The highest BCUT2D eigenvalue weighted by Gasteiger charge is 2.30. The van der Waals surface area contributed by atoms with E-state index in [1.165, 1.54) is 12.8 Å². The molecule has 1 aliphatic heterocycles. The van der Waals surface area contributed by atoms with Crippen LogP contribution in [0, 0.1) is 0 Å². The first-order valence-electron chi connectivity index (χ1n) is 7.27. The van der Waals surface area contributed by atoms with Crippen molar-refractivity contribution in [1.29, 1.82) is 0 Å². The molecule has 1 saturated carbocycles. The lowest BCUT2D eigenvalue weighted by atomic mass is 9.95. The maximum absolute atomic E-state index is 12.8. The van der Waals surface area contributed by atoms with E-state index in [4.69, 9.17) is 9.47 Å². The minimum absolute atomic E-state index is 0.191. The summed E-state index contributed by atoms with van der Waals surface area (Å²) in [5.41, 5.74) is 0. The van der Waals surface area contributed by atoms with Crippen LogP contribution in [-0.2, 0) is 10.8 Å². The monoisotopic (exact) mass is 295 g/mol. The molecule has 1 aromatic rings. The van der Waals surface area contributed by atoms with Crippen LogP contribution in [0.2, 0.25) is 0 Å². The fourth-order valence-corrected chi connectivity index (χ4v) is 4.73. The maximum atomic E-state index is 12.8. The molecule has 1 N–H and O–H groups in total. The van der Waals surface area contributed by atoms with Crippen LogP contribution in [0.1, 0.15) is 25.7 Å². The van der Waals surface area contributed by atoms with E-state index >= 15 is 0 Å². The molecule has 3 atom stereocenters. The molecule has 1 aromatic carbocycles. The van der Waals surface area contributed by atoms with E-state index in [-0.39, 0.29) is 5.25 Å². The van der Waals surface area contributed by atoms with Gasteiger partial charge < -0.3 is 14.8 Å². The summed E-state index contributed by atoms with van der Waals surface area (Å²) in [5, 5.41) is 3.51. The highest BCUT2D eigenvalue weighted by Crippen LogP contribution is 2.34. The molecule has 0 amide bonds. The summed E-state index contributed by atoms with van der Waals surface area (Å²) in [6, 6.07) is 6.01. The Morgan fingerprint density at radius 3 is 2.70 bits per heavy atom. The van der Waals surface area contributed by atoms with E-state index in [2.05, 4.69) is 5.32 Å². The average Bonchev–Trinajstić information content (AvgIpc) is 2.53. The molecule has 2 aliphatic rings. The van der Waals surface area contributed by atoms with Gasteiger partial charge in [0.1, 0.15) is 13.2 Å². The number of rotatable bonds is 3. The van der Waals surface area contributed by atoms with Gasteiger partial charge in [-0.15, -0.1) is 0 Å². The zero-order chi connectivity index (χ0) is 13.9. The molecular formula is C15H21NO3S. The number of hydrogen-bond donors (Lipinski definition) is 1. The highest BCUT2D eigenvalue weighted by atomic mass is 32.2. The second-order valence-electron chi connectivity index (χ2n) is 5.32. The number of hydrogen-bond acceptors (Lipinski definition) is 4. The van der Waals surface area contributed by atoms with Crippen LogP contribution in [-0.4, -0.2) is 35.8 Å². The number of ether oxygens (including phenoxy) is 2. The van der Waals surface area contributed by atoms with Crippen LogP contribution in [0.4, 0.5) is 0 Å². The van der Waals surface area contributed by atoms with Crippen LogP contribution < -0.4 is 14.8 Å². The molecule has 0 bridgehead atoms. The van der Waals surface area contributed by atoms with Gasteiger partial charge in [-0.2, -0.15) is 0 Å². The summed E-state index contributed by atoms with van der Waals surface area (Å²) < 4.78 is 23.9. The minimum atomic E-state index is -0.996. The molecular weight excluding hydrogens is 274 g/mol. The molecule has 0 saturated heterocycles. The van der Waals surface area contributed by atoms with Crippen molar-refractivity contribution in [1.82, 2.24) is 5.32 Å². The molecule has 0 aromatic heterocycles. The molecule has 5 heteroatoms. The minimum Gasteiger partial charge on any atom is -0.486 e. The lowest BCUT2D eigenvalue weighted by Gasteiger charge is -2.30. The Balaban J connectivity index is 1.82. The quantitative estimate of drug-likeness (QED) is 0.927. The Hall–Kier alpha value is -1.07. The standard InChI is InChI=1S/C15H21NO3S/c1-16-12-4-2-3-5-15(12)20(17)11-6-7-13-14(10-11)19-9-8-18-13/h6-7,10,12,15-16H,2-5,8-9H2,1H3. The zero-order valence-electron chi connectivity index (χ0n) is 11.8. The Labute approximate surface area is 122 Å². The SMILES string of the molecule is CNC1CCCCC1S(=O)c1ccc2c(c1)OCCO2. The van der Waals surface area contributed by atoms with Crippen LogP contribution in [0.15, 0.2) is 23.1 Å². The topological polar surface area (TPSA) is 47.6 Å². The highest BCUT2D eigenvalue weighted by molar-refractivity contribution is 7.85. The first-order chi connectivity index (χ1) is 9.79. The Morgan fingerprint density at radius 2 is 1.90 bits per heavy atom. The smallest absolute Gasteiger partial charge is 0.162 e. The maximum Gasteiger partial charge on any atom is 0.162 e. The van der Waals surface area contributed by atoms with E-state index in [1.54, 1.807) is 0 Å². The summed E-state index contributed by atoms with van der Waals surface area (Å²) in [4.78, 5) is 0.849. The first-order valence-corrected chi connectivity index (χ1v) is 8.48. The predicted octanol–water partition coefficient (Wildman–Crippen LogP) is 2.10. The van der Waals surface area contributed by atoms with Crippen molar-refractivity contribution in [2.75, 3.05) is 20.3 Å². The van der Waals surface area contributed by atoms with Gasteiger partial charge in [-0.3, -0.25) is 4.21 Å². The van der Waals surface area contributed by atoms with E-state index in [0.29, 0.717) is 19.3 Å². The average molecular weight is 295 g/mol. The van der Waals surface area contributed by atoms with E-state index in [9.17, 15) is 4.21 Å². The van der Waals surface area contributed by atoms with Gasteiger partial charge >= 0.3 is 0 Å². The summed E-state index contributed by atoms with van der Waals surface area (Å²) in [5.74, 6) is 1.48. The first kappa shape index (κ1) is 13.9. The van der Waals surface area contributed by atoms with Crippen molar-refractivity contribution in [2.24, 2.45) is 0 Å². The zero-order valence-corrected chi connectivity index (χ0v) is 12.6. The van der Waals surface area contributed by atoms with Gasteiger partial charge in [0.15, 0.2) is 11.5 Å². The third kappa shape index (κ3) is 2.69. The molecule has 3 unspecified atom stereocenters. The van der Waals surface area contributed by atoms with Gasteiger partial charge in [0, 0.05) is 17.0 Å². The van der Waals surface area contributed by atoms with Gasteiger partial charge in [0.2, 0.25) is 0 Å². The molecule has 1 heterocycles. The lowest BCUT2D eigenvalue weighted by Crippen LogP contribution is -2.42. The number of benzene rings is 1. The molecule has 1 aliphatic carbocycles.